The summed E-state index contributed by atoms with van der Waals surface area (Å²) in [5, 5.41) is 3.46. The van der Waals surface area contributed by atoms with E-state index in [4.69, 9.17) is 11.6 Å². The quantitative estimate of drug-likeness (QED) is 0.842. The van der Waals surface area contributed by atoms with Gasteiger partial charge in [-0.25, -0.2) is 4.98 Å². The van der Waals surface area contributed by atoms with Gasteiger partial charge in [-0.2, -0.15) is 4.98 Å². The average Bonchev–Trinajstić information content (AvgIpc) is 2.28. The van der Waals surface area contributed by atoms with E-state index in [1.165, 1.54) is 5.56 Å². The van der Waals surface area contributed by atoms with Crippen LogP contribution in [-0.4, -0.2) is 9.97 Å². The Balaban J connectivity index is 2.37. The molecule has 17 heavy (non-hydrogen) atoms. The molecule has 0 aliphatic carbocycles. The molecule has 0 aliphatic rings. The number of benzene rings is 1. The van der Waals surface area contributed by atoms with Gasteiger partial charge in [-0.05, 0) is 58.6 Å². The van der Waals surface area contributed by atoms with E-state index in [-0.39, 0.29) is 5.28 Å². The Morgan fingerprint density at radius 1 is 1.29 bits per heavy atom. The van der Waals surface area contributed by atoms with Crippen molar-refractivity contribution in [3.8, 4) is 0 Å². The van der Waals surface area contributed by atoms with Crippen molar-refractivity contribution < 1.29 is 0 Å². The Labute approximate surface area is 113 Å². The number of hydrogen-bond acceptors (Lipinski definition) is 3. The number of aryl methyl sites for hydroxylation is 2. The Kier molecular flexibility index (Phi) is 3.64. The molecule has 2 aromatic rings. The minimum Gasteiger partial charge on any atom is -0.339 e. The van der Waals surface area contributed by atoms with Crippen LogP contribution in [-0.2, 0) is 0 Å². The van der Waals surface area contributed by atoms with E-state index < -0.39 is 0 Å². The van der Waals surface area contributed by atoms with Crippen LogP contribution in [0.2, 0.25) is 5.28 Å². The zero-order chi connectivity index (χ0) is 12.4. The first-order valence-electron chi connectivity index (χ1n) is 5.08. The molecule has 2 rings (SSSR count). The van der Waals surface area contributed by atoms with Gasteiger partial charge in [-0.3, -0.25) is 0 Å². The SMILES string of the molecule is Cc1ccc(C)c(Nc2nc(Cl)ncc2Br)c1. The molecule has 0 bridgehead atoms. The number of halogens is 2. The summed E-state index contributed by atoms with van der Waals surface area (Å²) in [6.45, 7) is 4.09. The van der Waals surface area contributed by atoms with Crippen LogP contribution in [0.15, 0.2) is 28.9 Å². The Bertz CT molecular complexity index is 508. The van der Waals surface area contributed by atoms with E-state index in [1.807, 2.05) is 13.8 Å². The predicted molar refractivity (Wildman–Crippen MR) is 73.9 cm³/mol. The van der Waals surface area contributed by atoms with Gasteiger partial charge in [0.15, 0.2) is 0 Å². The van der Waals surface area contributed by atoms with Gasteiger partial charge in [-0.1, -0.05) is 12.1 Å². The molecular formula is C12H11BrClN3. The van der Waals surface area contributed by atoms with Crippen molar-refractivity contribution in [2.45, 2.75) is 13.8 Å². The molecule has 0 spiro atoms. The highest BCUT2D eigenvalue weighted by Gasteiger charge is 2.06. The van der Waals surface area contributed by atoms with Crippen molar-refractivity contribution in [1.29, 1.82) is 0 Å². The molecule has 0 fully saturated rings. The first kappa shape index (κ1) is 12.3. The van der Waals surface area contributed by atoms with Gasteiger partial charge in [0.1, 0.15) is 5.82 Å². The van der Waals surface area contributed by atoms with Crippen molar-refractivity contribution in [2.24, 2.45) is 0 Å². The van der Waals surface area contributed by atoms with Crippen molar-refractivity contribution in [3.05, 3.63) is 45.3 Å². The Morgan fingerprint density at radius 2 is 2.06 bits per heavy atom. The first-order valence-corrected chi connectivity index (χ1v) is 6.25. The topological polar surface area (TPSA) is 37.8 Å². The van der Waals surface area contributed by atoms with Crippen molar-refractivity contribution in [3.63, 3.8) is 0 Å². The maximum Gasteiger partial charge on any atom is 0.224 e. The molecule has 1 aromatic heterocycles. The summed E-state index contributed by atoms with van der Waals surface area (Å²) in [5.74, 6) is 0.665. The maximum atomic E-state index is 5.77. The molecule has 88 valence electrons. The molecule has 0 radical (unpaired) electrons. The standard InChI is InChI=1S/C12H11BrClN3/c1-7-3-4-8(2)10(5-7)16-11-9(13)6-15-12(14)17-11/h3-6H,1-2H3,(H,15,16,17). The lowest BCUT2D eigenvalue weighted by Crippen LogP contribution is -1.98. The van der Waals surface area contributed by atoms with Gasteiger partial charge in [0, 0.05) is 11.9 Å². The summed E-state index contributed by atoms with van der Waals surface area (Å²) in [5.41, 5.74) is 3.35. The lowest BCUT2D eigenvalue weighted by atomic mass is 10.1. The molecule has 0 unspecified atom stereocenters. The third-order valence-electron chi connectivity index (χ3n) is 2.36. The second kappa shape index (κ2) is 5.02. The molecule has 0 atom stereocenters. The molecule has 1 aromatic carbocycles. The van der Waals surface area contributed by atoms with Crippen LogP contribution in [0.25, 0.3) is 0 Å². The second-order valence-electron chi connectivity index (χ2n) is 3.78. The van der Waals surface area contributed by atoms with Gasteiger partial charge in [0.2, 0.25) is 5.28 Å². The van der Waals surface area contributed by atoms with Crippen LogP contribution in [0.4, 0.5) is 11.5 Å². The Morgan fingerprint density at radius 3 is 2.82 bits per heavy atom. The highest BCUT2D eigenvalue weighted by Crippen LogP contribution is 2.26. The smallest absolute Gasteiger partial charge is 0.224 e. The van der Waals surface area contributed by atoms with Crippen LogP contribution in [0.3, 0.4) is 0 Å². The molecule has 0 aliphatic heterocycles. The van der Waals surface area contributed by atoms with E-state index in [1.54, 1.807) is 6.20 Å². The van der Waals surface area contributed by atoms with E-state index >= 15 is 0 Å². The highest BCUT2D eigenvalue weighted by atomic mass is 79.9. The largest absolute Gasteiger partial charge is 0.339 e. The van der Waals surface area contributed by atoms with Gasteiger partial charge in [0.05, 0.1) is 4.47 Å². The zero-order valence-electron chi connectivity index (χ0n) is 9.46. The van der Waals surface area contributed by atoms with E-state index in [9.17, 15) is 0 Å². The molecule has 5 heteroatoms. The van der Waals surface area contributed by atoms with Crippen molar-refractivity contribution in [1.82, 2.24) is 9.97 Å². The Hall–Kier alpha value is -1.13. The molecule has 3 nitrogen and oxygen atoms in total. The van der Waals surface area contributed by atoms with Crippen LogP contribution in [0.5, 0.6) is 0 Å². The van der Waals surface area contributed by atoms with Crippen molar-refractivity contribution in [2.75, 3.05) is 5.32 Å². The van der Waals surface area contributed by atoms with E-state index in [0.29, 0.717) is 5.82 Å². The summed E-state index contributed by atoms with van der Waals surface area (Å²) in [6, 6.07) is 6.20. The molecule has 1 N–H and O–H groups in total. The number of nitrogens with one attached hydrogen (secondary N) is 1. The zero-order valence-corrected chi connectivity index (χ0v) is 11.8. The predicted octanol–water partition coefficient (Wildman–Crippen LogP) is 4.25. The summed E-state index contributed by atoms with van der Waals surface area (Å²) >= 11 is 9.16. The van der Waals surface area contributed by atoms with Crippen LogP contribution < -0.4 is 5.32 Å². The van der Waals surface area contributed by atoms with Gasteiger partial charge in [0.25, 0.3) is 0 Å². The number of rotatable bonds is 2. The fourth-order valence-corrected chi connectivity index (χ4v) is 1.85. The van der Waals surface area contributed by atoms with Gasteiger partial charge >= 0.3 is 0 Å². The van der Waals surface area contributed by atoms with E-state index in [2.05, 4.69) is 49.4 Å². The highest BCUT2D eigenvalue weighted by molar-refractivity contribution is 9.10. The minimum absolute atomic E-state index is 0.223. The number of nitrogens with zero attached hydrogens (tertiary/aromatic N) is 2. The number of hydrogen-bond donors (Lipinski definition) is 1. The van der Waals surface area contributed by atoms with E-state index in [0.717, 1.165) is 15.7 Å². The lowest BCUT2D eigenvalue weighted by molar-refractivity contribution is 1.15. The lowest BCUT2D eigenvalue weighted by Gasteiger charge is -2.10. The van der Waals surface area contributed by atoms with Gasteiger partial charge < -0.3 is 5.32 Å². The minimum atomic E-state index is 0.223. The fraction of sp³-hybridized carbons (Fsp3) is 0.167. The molecule has 0 saturated heterocycles. The molecule has 0 saturated carbocycles. The molecule has 0 amide bonds. The monoisotopic (exact) mass is 311 g/mol. The first-order chi connectivity index (χ1) is 8.06. The summed E-state index contributed by atoms with van der Waals surface area (Å²) in [6.07, 6.45) is 1.63. The van der Waals surface area contributed by atoms with Crippen LogP contribution in [0, 0.1) is 13.8 Å². The van der Waals surface area contributed by atoms with Crippen LogP contribution >= 0.6 is 27.5 Å². The number of anilines is 2. The summed E-state index contributed by atoms with van der Waals surface area (Å²) < 4.78 is 0.780. The van der Waals surface area contributed by atoms with Crippen LogP contribution in [0.1, 0.15) is 11.1 Å². The third kappa shape index (κ3) is 2.96. The normalized spacial score (nSPS) is 10.4. The fourth-order valence-electron chi connectivity index (χ4n) is 1.43. The third-order valence-corrected chi connectivity index (χ3v) is 3.12. The summed E-state index contributed by atoms with van der Waals surface area (Å²) in [7, 11) is 0. The molecule has 1 heterocycles. The van der Waals surface area contributed by atoms with Crippen molar-refractivity contribution >= 4 is 39.0 Å². The molecular weight excluding hydrogens is 302 g/mol. The average molecular weight is 313 g/mol. The maximum absolute atomic E-state index is 5.77. The summed E-state index contributed by atoms with van der Waals surface area (Å²) in [4.78, 5) is 8.02. The van der Waals surface area contributed by atoms with Gasteiger partial charge in [-0.15, -0.1) is 0 Å². The second-order valence-corrected chi connectivity index (χ2v) is 4.97. The number of aromatic nitrogens is 2.